The number of alkyl halides is 3. The maximum absolute atomic E-state index is 13.2. The van der Waals surface area contributed by atoms with E-state index in [2.05, 4.69) is 10.3 Å². The summed E-state index contributed by atoms with van der Waals surface area (Å²) in [5, 5.41) is 2.66. The molecule has 34 heavy (non-hydrogen) atoms. The zero-order chi connectivity index (χ0) is 24.5. The summed E-state index contributed by atoms with van der Waals surface area (Å²) in [4.78, 5) is 31.2. The molecule has 0 fully saturated rings. The van der Waals surface area contributed by atoms with Crippen molar-refractivity contribution in [1.29, 1.82) is 0 Å². The Labute approximate surface area is 192 Å². The first-order valence-electron chi connectivity index (χ1n) is 10.4. The first-order valence-corrected chi connectivity index (χ1v) is 10.4. The van der Waals surface area contributed by atoms with Crippen LogP contribution in [0.15, 0.2) is 65.3 Å². The molecule has 0 unspecified atom stereocenters. The van der Waals surface area contributed by atoms with Gasteiger partial charge in [0.25, 0.3) is 11.8 Å². The highest BCUT2D eigenvalue weighted by Crippen LogP contribution is 2.32. The number of halogens is 3. The maximum Gasteiger partial charge on any atom is 0.416 e. The van der Waals surface area contributed by atoms with Gasteiger partial charge in [0.05, 0.1) is 29.4 Å². The van der Waals surface area contributed by atoms with Gasteiger partial charge in [0, 0.05) is 24.7 Å². The number of hydrogen-bond donors (Lipinski definition) is 1. The maximum atomic E-state index is 13.2. The molecule has 4 rings (SSSR count). The van der Waals surface area contributed by atoms with Crippen LogP contribution in [0.5, 0.6) is 0 Å². The van der Waals surface area contributed by atoms with Crippen LogP contribution in [0.3, 0.4) is 0 Å². The molecule has 0 aliphatic rings. The van der Waals surface area contributed by atoms with Crippen molar-refractivity contribution in [1.82, 2.24) is 14.5 Å². The molecular formula is C24H21F3N4O3. The van der Waals surface area contributed by atoms with Crippen molar-refractivity contribution in [2.75, 3.05) is 18.9 Å². The van der Waals surface area contributed by atoms with Crippen molar-refractivity contribution in [3.8, 4) is 0 Å². The van der Waals surface area contributed by atoms with Crippen molar-refractivity contribution < 1.29 is 27.2 Å². The van der Waals surface area contributed by atoms with Crippen LogP contribution in [-0.2, 0) is 12.7 Å². The lowest BCUT2D eigenvalue weighted by atomic mass is 10.1. The topological polar surface area (TPSA) is 80.4 Å². The lowest BCUT2D eigenvalue weighted by molar-refractivity contribution is -0.137. The summed E-state index contributed by atoms with van der Waals surface area (Å²) in [5.41, 5.74) is 0.184. The number of amides is 2. The summed E-state index contributed by atoms with van der Waals surface area (Å²) in [6.07, 6.45) is -3.05. The van der Waals surface area contributed by atoms with Gasteiger partial charge in [0.2, 0.25) is 5.95 Å². The fourth-order valence-electron chi connectivity index (χ4n) is 3.45. The van der Waals surface area contributed by atoms with Crippen molar-refractivity contribution >= 4 is 28.8 Å². The number of carbonyl (C=O) groups excluding carboxylic acids is 2. The first kappa shape index (κ1) is 23.1. The van der Waals surface area contributed by atoms with Gasteiger partial charge < -0.3 is 13.9 Å². The Bertz CT molecular complexity index is 1340. The van der Waals surface area contributed by atoms with Crippen LogP contribution in [0.25, 0.3) is 11.0 Å². The molecule has 0 atom stereocenters. The average molecular weight is 470 g/mol. The Morgan fingerprint density at radius 3 is 2.53 bits per heavy atom. The minimum absolute atomic E-state index is 0.0538. The number of carbonyl (C=O) groups is 2. The van der Waals surface area contributed by atoms with Gasteiger partial charge in [-0.05, 0) is 55.5 Å². The second-order valence-electron chi connectivity index (χ2n) is 7.66. The summed E-state index contributed by atoms with van der Waals surface area (Å²) in [6.45, 7) is 2.48. The summed E-state index contributed by atoms with van der Waals surface area (Å²) in [6, 6.07) is 12.8. The number of fused-ring (bicyclic) bond motifs is 1. The Kier molecular flexibility index (Phi) is 6.14. The molecule has 1 N–H and O–H groups in total. The van der Waals surface area contributed by atoms with Crippen LogP contribution in [-0.4, -0.2) is 39.9 Å². The third kappa shape index (κ3) is 4.66. The molecule has 176 valence electrons. The minimum Gasteiger partial charge on any atom is -0.467 e. The Morgan fingerprint density at radius 1 is 1.09 bits per heavy atom. The number of imidazole rings is 1. The van der Waals surface area contributed by atoms with Crippen LogP contribution in [0, 0.1) is 0 Å². The van der Waals surface area contributed by atoms with E-state index in [1.54, 1.807) is 41.9 Å². The van der Waals surface area contributed by atoms with Gasteiger partial charge in [-0.2, -0.15) is 13.2 Å². The normalized spacial score (nSPS) is 11.6. The largest absolute Gasteiger partial charge is 0.467 e. The predicted molar refractivity (Wildman–Crippen MR) is 120 cm³/mol. The zero-order valence-electron chi connectivity index (χ0n) is 18.4. The van der Waals surface area contributed by atoms with Gasteiger partial charge in [0.1, 0.15) is 5.76 Å². The molecule has 2 aromatic heterocycles. The molecular weight excluding hydrogens is 449 g/mol. The Balaban J connectivity index is 1.70. The number of furan rings is 1. The van der Waals surface area contributed by atoms with Crippen LogP contribution >= 0.6 is 0 Å². The third-order valence-corrected chi connectivity index (χ3v) is 5.39. The fourth-order valence-corrected chi connectivity index (χ4v) is 3.45. The highest BCUT2D eigenvalue weighted by molar-refractivity contribution is 6.06. The quantitative estimate of drug-likeness (QED) is 0.428. The summed E-state index contributed by atoms with van der Waals surface area (Å²) < 4.78 is 46.5. The van der Waals surface area contributed by atoms with Gasteiger partial charge in [-0.1, -0.05) is 6.07 Å². The van der Waals surface area contributed by atoms with E-state index in [4.69, 9.17) is 4.42 Å². The van der Waals surface area contributed by atoms with E-state index >= 15 is 0 Å². The SMILES string of the molecule is CCN(C)C(=O)c1cccc(C(=O)Nc2nc3cc(C(F)(F)F)ccc3n2Cc2ccco2)c1. The molecule has 4 aromatic rings. The molecule has 0 saturated carbocycles. The lowest BCUT2D eigenvalue weighted by Crippen LogP contribution is -2.26. The van der Waals surface area contributed by atoms with Gasteiger partial charge in [-0.15, -0.1) is 0 Å². The second kappa shape index (κ2) is 9.05. The van der Waals surface area contributed by atoms with E-state index in [-0.39, 0.29) is 29.5 Å². The number of benzene rings is 2. The standard InChI is InChI=1S/C24H21F3N4O3/c1-3-30(2)22(33)16-7-4-6-15(12-16)21(32)29-23-28-19-13-17(24(25,26)27)9-10-20(19)31(23)14-18-8-5-11-34-18/h4-13H,3,14H2,1-2H3,(H,28,29,32). The van der Waals surface area contributed by atoms with E-state index in [0.717, 1.165) is 12.1 Å². The van der Waals surface area contributed by atoms with Crippen LogP contribution < -0.4 is 5.32 Å². The van der Waals surface area contributed by atoms with Crippen LogP contribution in [0.2, 0.25) is 0 Å². The number of nitrogens with zero attached hydrogens (tertiary/aromatic N) is 3. The monoisotopic (exact) mass is 470 g/mol. The number of hydrogen-bond acceptors (Lipinski definition) is 4. The molecule has 0 aliphatic heterocycles. The number of rotatable bonds is 6. The molecule has 7 nitrogen and oxygen atoms in total. The summed E-state index contributed by atoms with van der Waals surface area (Å²) in [7, 11) is 1.65. The highest BCUT2D eigenvalue weighted by Gasteiger charge is 2.31. The van der Waals surface area contributed by atoms with Crippen molar-refractivity contribution in [3.63, 3.8) is 0 Å². The molecule has 0 saturated heterocycles. The van der Waals surface area contributed by atoms with Gasteiger partial charge in [0.15, 0.2) is 0 Å². The Morgan fingerprint density at radius 2 is 1.85 bits per heavy atom. The molecule has 2 aromatic carbocycles. The van der Waals surface area contributed by atoms with Crippen molar-refractivity contribution in [3.05, 3.63) is 83.3 Å². The van der Waals surface area contributed by atoms with E-state index in [0.29, 0.717) is 23.4 Å². The number of aromatic nitrogens is 2. The van der Waals surface area contributed by atoms with E-state index in [1.165, 1.54) is 23.3 Å². The van der Waals surface area contributed by atoms with Gasteiger partial charge in [-0.25, -0.2) is 4.98 Å². The molecule has 0 spiro atoms. The second-order valence-corrected chi connectivity index (χ2v) is 7.66. The smallest absolute Gasteiger partial charge is 0.416 e. The third-order valence-electron chi connectivity index (χ3n) is 5.39. The summed E-state index contributed by atoms with van der Waals surface area (Å²) >= 11 is 0. The zero-order valence-corrected chi connectivity index (χ0v) is 18.4. The highest BCUT2D eigenvalue weighted by atomic mass is 19.4. The fraction of sp³-hybridized carbons (Fsp3) is 0.208. The number of nitrogens with one attached hydrogen (secondary N) is 1. The van der Waals surface area contributed by atoms with E-state index in [9.17, 15) is 22.8 Å². The van der Waals surface area contributed by atoms with Crippen molar-refractivity contribution in [2.45, 2.75) is 19.6 Å². The molecule has 10 heteroatoms. The molecule has 0 radical (unpaired) electrons. The van der Waals surface area contributed by atoms with Crippen molar-refractivity contribution in [2.24, 2.45) is 0 Å². The van der Waals surface area contributed by atoms with Crippen LogP contribution in [0.1, 0.15) is 39.0 Å². The van der Waals surface area contributed by atoms with E-state index < -0.39 is 17.6 Å². The molecule has 2 heterocycles. The van der Waals surface area contributed by atoms with E-state index in [1.807, 2.05) is 6.92 Å². The van der Waals surface area contributed by atoms with Gasteiger partial charge >= 0.3 is 6.18 Å². The lowest BCUT2D eigenvalue weighted by Gasteiger charge is -2.15. The molecule has 0 bridgehead atoms. The minimum atomic E-state index is -4.53. The average Bonchev–Trinajstić information content (AvgIpc) is 3.45. The first-order chi connectivity index (χ1) is 16.2. The number of anilines is 1. The molecule has 2 amide bonds. The predicted octanol–water partition coefficient (Wildman–Crippen LogP) is 5.04. The molecule has 0 aliphatic carbocycles. The Hall–Kier alpha value is -4.08. The van der Waals surface area contributed by atoms with Gasteiger partial charge in [-0.3, -0.25) is 14.9 Å². The summed E-state index contributed by atoms with van der Waals surface area (Å²) in [5.74, 6) is -0.203. The van der Waals surface area contributed by atoms with Crippen LogP contribution in [0.4, 0.5) is 19.1 Å².